The molecule has 0 saturated carbocycles. The molecule has 0 heterocycles. The van der Waals surface area contributed by atoms with E-state index in [1.165, 1.54) is 24.9 Å². The van der Waals surface area contributed by atoms with Crippen molar-refractivity contribution in [1.82, 2.24) is 4.90 Å². The molecule has 0 aliphatic carbocycles. The zero-order chi connectivity index (χ0) is 13.5. The summed E-state index contributed by atoms with van der Waals surface area (Å²) < 4.78 is 18.5. The van der Waals surface area contributed by atoms with Gasteiger partial charge in [-0.15, -0.1) is 0 Å². The number of ether oxygens (including phenoxy) is 1. The Balaban J connectivity index is 4.80. The topological polar surface area (TPSA) is 59.0 Å². The van der Waals surface area contributed by atoms with Gasteiger partial charge in [0.1, 0.15) is 11.7 Å². The van der Waals surface area contributed by atoms with Gasteiger partial charge in [0, 0.05) is 6.42 Å². The SMILES string of the molecule is C=CN(COO)C(CC(C)(C)F)C(=O)OCC. The maximum atomic E-state index is 13.6. The third-order valence-electron chi connectivity index (χ3n) is 2.08. The first kappa shape index (κ1) is 15.9. The zero-order valence-corrected chi connectivity index (χ0v) is 10.5. The second-order valence-corrected chi connectivity index (χ2v) is 4.15. The minimum atomic E-state index is -1.55. The normalized spacial score (nSPS) is 13.0. The monoisotopic (exact) mass is 249 g/mol. The highest BCUT2D eigenvalue weighted by molar-refractivity contribution is 5.76. The van der Waals surface area contributed by atoms with Crippen LogP contribution in [-0.2, 0) is 14.4 Å². The highest BCUT2D eigenvalue weighted by Gasteiger charge is 2.32. The van der Waals surface area contributed by atoms with Gasteiger partial charge in [0.15, 0.2) is 6.73 Å². The fourth-order valence-corrected chi connectivity index (χ4v) is 1.37. The fourth-order valence-electron chi connectivity index (χ4n) is 1.37. The number of nitrogens with zero attached hydrogens (tertiary/aromatic N) is 1. The maximum Gasteiger partial charge on any atom is 0.328 e. The highest BCUT2D eigenvalue weighted by atomic mass is 19.1. The van der Waals surface area contributed by atoms with Crippen LogP contribution < -0.4 is 0 Å². The summed E-state index contributed by atoms with van der Waals surface area (Å²) in [5, 5.41) is 8.39. The van der Waals surface area contributed by atoms with Crippen LogP contribution in [0.4, 0.5) is 4.39 Å². The first-order chi connectivity index (χ1) is 7.85. The first-order valence-corrected chi connectivity index (χ1v) is 5.36. The lowest BCUT2D eigenvalue weighted by Gasteiger charge is -2.30. The Bertz CT molecular complexity index is 252. The van der Waals surface area contributed by atoms with Gasteiger partial charge >= 0.3 is 5.97 Å². The molecular formula is C11H20FNO4. The molecule has 1 N–H and O–H groups in total. The molecule has 0 amide bonds. The number of halogens is 1. The largest absolute Gasteiger partial charge is 0.464 e. The average Bonchev–Trinajstić information content (AvgIpc) is 2.22. The lowest BCUT2D eigenvalue weighted by molar-refractivity contribution is -0.268. The van der Waals surface area contributed by atoms with Crippen molar-refractivity contribution >= 4 is 5.97 Å². The molecule has 0 aromatic heterocycles. The van der Waals surface area contributed by atoms with E-state index < -0.39 is 17.7 Å². The Labute approximate surface area is 101 Å². The van der Waals surface area contributed by atoms with E-state index in [1.807, 2.05) is 0 Å². The Hall–Kier alpha value is -1.14. The van der Waals surface area contributed by atoms with Crippen molar-refractivity contribution in [2.45, 2.75) is 38.9 Å². The summed E-state index contributed by atoms with van der Waals surface area (Å²) in [6.07, 6.45) is 1.21. The average molecular weight is 249 g/mol. The van der Waals surface area contributed by atoms with Crippen molar-refractivity contribution in [3.63, 3.8) is 0 Å². The summed E-state index contributed by atoms with van der Waals surface area (Å²) in [5.41, 5.74) is -1.55. The lowest BCUT2D eigenvalue weighted by Crippen LogP contribution is -2.43. The predicted molar refractivity (Wildman–Crippen MR) is 60.8 cm³/mol. The van der Waals surface area contributed by atoms with Crippen molar-refractivity contribution in [3.8, 4) is 0 Å². The molecule has 0 aliphatic heterocycles. The zero-order valence-electron chi connectivity index (χ0n) is 10.5. The molecule has 0 bridgehead atoms. The third-order valence-corrected chi connectivity index (χ3v) is 2.08. The van der Waals surface area contributed by atoms with Gasteiger partial charge in [0.25, 0.3) is 0 Å². The molecule has 6 heteroatoms. The van der Waals surface area contributed by atoms with Crippen LogP contribution in [-0.4, -0.2) is 41.2 Å². The molecular weight excluding hydrogens is 229 g/mol. The van der Waals surface area contributed by atoms with Gasteiger partial charge in [0.05, 0.1) is 6.61 Å². The number of carbonyl (C=O) groups excluding carboxylic acids is 1. The molecule has 5 nitrogen and oxygen atoms in total. The minimum absolute atomic E-state index is 0.0821. The number of alkyl halides is 1. The van der Waals surface area contributed by atoms with Gasteiger partial charge in [-0.05, 0) is 27.0 Å². The van der Waals surface area contributed by atoms with E-state index in [0.717, 1.165) is 0 Å². The third kappa shape index (κ3) is 6.23. The maximum absolute atomic E-state index is 13.6. The van der Waals surface area contributed by atoms with Crippen LogP contribution in [0, 0.1) is 0 Å². The van der Waals surface area contributed by atoms with Crippen LogP contribution in [0.2, 0.25) is 0 Å². The second kappa shape index (κ2) is 7.24. The predicted octanol–water partition coefficient (Wildman–Crippen LogP) is 1.95. The summed E-state index contributed by atoms with van der Waals surface area (Å²) in [7, 11) is 0. The quantitative estimate of drug-likeness (QED) is 0.308. The Morgan fingerprint density at radius 1 is 1.65 bits per heavy atom. The molecule has 0 spiro atoms. The van der Waals surface area contributed by atoms with Crippen LogP contribution >= 0.6 is 0 Å². The van der Waals surface area contributed by atoms with E-state index in [4.69, 9.17) is 9.99 Å². The van der Waals surface area contributed by atoms with Crippen molar-refractivity contribution in [2.24, 2.45) is 0 Å². The number of carbonyl (C=O) groups is 1. The number of rotatable bonds is 8. The van der Waals surface area contributed by atoms with E-state index >= 15 is 0 Å². The highest BCUT2D eigenvalue weighted by Crippen LogP contribution is 2.21. The molecule has 17 heavy (non-hydrogen) atoms. The van der Waals surface area contributed by atoms with Gasteiger partial charge in [-0.3, -0.25) is 0 Å². The van der Waals surface area contributed by atoms with Crippen molar-refractivity contribution in [3.05, 3.63) is 12.8 Å². The van der Waals surface area contributed by atoms with Crippen LogP contribution in [0.1, 0.15) is 27.2 Å². The van der Waals surface area contributed by atoms with E-state index in [1.54, 1.807) is 6.92 Å². The van der Waals surface area contributed by atoms with Gasteiger partial charge in [-0.1, -0.05) is 6.58 Å². The van der Waals surface area contributed by atoms with Gasteiger partial charge in [-0.25, -0.2) is 19.3 Å². The van der Waals surface area contributed by atoms with Crippen molar-refractivity contribution in [2.75, 3.05) is 13.3 Å². The number of hydrogen-bond acceptors (Lipinski definition) is 5. The first-order valence-electron chi connectivity index (χ1n) is 5.36. The molecule has 0 saturated heterocycles. The molecule has 0 radical (unpaired) electrons. The van der Waals surface area contributed by atoms with Crippen molar-refractivity contribution < 1.29 is 24.1 Å². The Morgan fingerprint density at radius 3 is 2.59 bits per heavy atom. The van der Waals surface area contributed by atoms with Crippen LogP contribution in [0.3, 0.4) is 0 Å². The molecule has 0 rings (SSSR count). The molecule has 100 valence electrons. The van der Waals surface area contributed by atoms with E-state index in [2.05, 4.69) is 11.5 Å². The number of esters is 1. The second-order valence-electron chi connectivity index (χ2n) is 4.15. The van der Waals surface area contributed by atoms with Gasteiger partial charge in [-0.2, -0.15) is 0 Å². The molecule has 0 aromatic rings. The van der Waals surface area contributed by atoms with Crippen molar-refractivity contribution in [1.29, 1.82) is 0 Å². The minimum Gasteiger partial charge on any atom is -0.464 e. The lowest BCUT2D eigenvalue weighted by atomic mass is 10.00. The Kier molecular flexibility index (Phi) is 6.75. The summed E-state index contributed by atoms with van der Waals surface area (Å²) in [6.45, 7) is 7.79. The van der Waals surface area contributed by atoms with Gasteiger partial charge in [0.2, 0.25) is 0 Å². The Morgan fingerprint density at radius 2 is 2.24 bits per heavy atom. The molecule has 1 atom stereocenters. The van der Waals surface area contributed by atoms with E-state index in [0.29, 0.717) is 0 Å². The molecule has 0 fully saturated rings. The summed E-state index contributed by atoms with van der Waals surface area (Å²) in [4.78, 5) is 16.9. The van der Waals surface area contributed by atoms with Gasteiger partial charge < -0.3 is 9.64 Å². The van der Waals surface area contributed by atoms with Crippen LogP contribution in [0.25, 0.3) is 0 Å². The standard InChI is InChI=1S/C11H20FNO4/c1-5-13(8-17-15)9(7-11(3,4)12)10(14)16-6-2/h5,9,15H,1,6-8H2,2-4H3. The number of hydrogen-bond donors (Lipinski definition) is 1. The molecule has 0 aromatic carbocycles. The van der Waals surface area contributed by atoms with E-state index in [-0.39, 0.29) is 19.8 Å². The van der Waals surface area contributed by atoms with Crippen LogP contribution in [0.5, 0.6) is 0 Å². The van der Waals surface area contributed by atoms with Crippen LogP contribution in [0.15, 0.2) is 12.8 Å². The van der Waals surface area contributed by atoms with E-state index in [9.17, 15) is 9.18 Å². The summed E-state index contributed by atoms with van der Waals surface area (Å²) in [6, 6.07) is -0.875. The molecule has 1 unspecified atom stereocenters. The summed E-state index contributed by atoms with van der Waals surface area (Å²) >= 11 is 0. The fraction of sp³-hybridized carbons (Fsp3) is 0.727. The summed E-state index contributed by atoms with van der Waals surface area (Å²) in [5.74, 6) is -0.574. The molecule has 0 aliphatic rings. The smallest absolute Gasteiger partial charge is 0.328 e.